The number of carbonyl (C=O) groups is 1. The van der Waals surface area contributed by atoms with Gasteiger partial charge in [-0.3, -0.25) is 4.79 Å². The van der Waals surface area contributed by atoms with E-state index in [0.29, 0.717) is 22.0 Å². The fourth-order valence-electron chi connectivity index (χ4n) is 2.79. The van der Waals surface area contributed by atoms with Crippen molar-refractivity contribution in [1.29, 1.82) is 5.26 Å². The first kappa shape index (κ1) is 24.2. The zero-order valence-electron chi connectivity index (χ0n) is 18.1. The van der Waals surface area contributed by atoms with E-state index in [1.165, 1.54) is 42.2 Å². The van der Waals surface area contributed by atoms with Crippen LogP contribution in [0.1, 0.15) is 30.3 Å². The van der Waals surface area contributed by atoms with E-state index in [2.05, 4.69) is 31.1 Å². The number of benzene rings is 1. The number of nitriles is 1. The highest BCUT2D eigenvalue weighted by atomic mass is 32.2. The van der Waals surface area contributed by atoms with E-state index in [1.54, 1.807) is 19.1 Å². The third-order valence-electron chi connectivity index (χ3n) is 4.35. The zero-order chi connectivity index (χ0) is 23.8. The summed E-state index contributed by atoms with van der Waals surface area (Å²) in [4.78, 5) is 24.8. The van der Waals surface area contributed by atoms with Crippen LogP contribution in [0, 0.1) is 18.3 Å². The summed E-state index contributed by atoms with van der Waals surface area (Å²) in [6.45, 7) is 3.78. The van der Waals surface area contributed by atoms with Gasteiger partial charge in [0.2, 0.25) is 11.9 Å². The van der Waals surface area contributed by atoms with Crippen molar-refractivity contribution in [3.05, 3.63) is 65.6 Å². The Kier molecular flexibility index (Phi) is 7.97. The minimum absolute atomic E-state index is 0.00980. The van der Waals surface area contributed by atoms with E-state index < -0.39 is 10.0 Å². The van der Waals surface area contributed by atoms with Crippen molar-refractivity contribution in [2.24, 2.45) is 0 Å². The van der Waals surface area contributed by atoms with Gasteiger partial charge >= 0.3 is 0 Å². The van der Waals surface area contributed by atoms with Crippen molar-refractivity contribution in [2.75, 3.05) is 15.8 Å². The molecule has 0 unspecified atom stereocenters. The summed E-state index contributed by atoms with van der Waals surface area (Å²) in [7, 11) is -3.87. The van der Waals surface area contributed by atoms with Gasteiger partial charge in [0, 0.05) is 23.3 Å². The molecule has 1 aromatic carbocycles. The topological polar surface area (TPSA) is 138 Å². The predicted molar refractivity (Wildman–Crippen MR) is 126 cm³/mol. The standard InChI is InChI=1S/C22H22N6O3S2/c1-3-4-17-6-5-16(13-23)21(27-17)32-14-20(29)26-18-7-9-19(10-8-18)33(30,31)28-22-24-12-11-15(2)25-22/h5-12H,3-4,14H2,1-2H3,(H,26,29)(H,24,25,28). The zero-order valence-corrected chi connectivity index (χ0v) is 19.7. The van der Waals surface area contributed by atoms with Gasteiger partial charge < -0.3 is 5.32 Å². The fraction of sp³-hybridized carbons (Fsp3) is 0.227. The highest BCUT2D eigenvalue weighted by molar-refractivity contribution is 8.00. The largest absolute Gasteiger partial charge is 0.325 e. The minimum atomic E-state index is -3.87. The molecule has 3 rings (SSSR count). The lowest BCUT2D eigenvalue weighted by molar-refractivity contribution is -0.113. The van der Waals surface area contributed by atoms with Crippen molar-refractivity contribution < 1.29 is 13.2 Å². The molecule has 0 aliphatic rings. The lowest BCUT2D eigenvalue weighted by atomic mass is 10.2. The van der Waals surface area contributed by atoms with Gasteiger partial charge in [-0.1, -0.05) is 25.1 Å². The molecule has 11 heteroatoms. The monoisotopic (exact) mass is 482 g/mol. The van der Waals surface area contributed by atoms with E-state index in [9.17, 15) is 18.5 Å². The summed E-state index contributed by atoms with van der Waals surface area (Å²) in [5, 5.41) is 12.5. The second-order valence-electron chi connectivity index (χ2n) is 7.01. The van der Waals surface area contributed by atoms with Crippen LogP contribution in [0.2, 0.25) is 0 Å². The summed E-state index contributed by atoms with van der Waals surface area (Å²) in [5.41, 5.74) is 2.38. The van der Waals surface area contributed by atoms with Crippen LogP contribution < -0.4 is 10.0 Å². The Morgan fingerprint density at radius 3 is 2.55 bits per heavy atom. The van der Waals surface area contributed by atoms with Crippen molar-refractivity contribution in [1.82, 2.24) is 15.0 Å². The second kappa shape index (κ2) is 10.9. The van der Waals surface area contributed by atoms with Crippen molar-refractivity contribution >= 4 is 39.3 Å². The maximum Gasteiger partial charge on any atom is 0.264 e. The van der Waals surface area contributed by atoms with E-state index in [4.69, 9.17) is 0 Å². The van der Waals surface area contributed by atoms with Crippen molar-refractivity contribution in [2.45, 2.75) is 36.6 Å². The number of anilines is 2. The first-order chi connectivity index (χ1) is 15.8. The molecule has 0 fully saturated rings. The van der Waals surface area contributed by atoms with Gasteiger partial charge in [-0.05, 0) is 55.8 Å². The summed E-state index contributed by atoms with van der Waals surface area (Å²) in [6.07, 6.45) is 3.19. The van der Waals surface area contributed by atoms with Gasteiger partial charge in [-0.2, -0.15) is 5.26 Å². The number of aryl methyl sites for hydroxylation is 2. The molecule has 0 aliphatic carbocycles. The Labute approximate surface area is 196 Å². The predicted octanol–water partition coefficient (Wildman–Crippen LogP) is 3.54. The third-order valence-corrected chi connectivity index (χ3v) is 6.69. The number of hydrogen-bond donors (Lipinski definition) is 2. The number of rotatable bonds is 9. The molecule has 0 aliphatic heterocycles. The first-order valence-corrected chi connectivity index (χ1v) is 12.5. The van der Waals surface area contributed by atoms with Gasteiger partial charge in [-0.25, -0.2) is 28.1 Å². The maximum atomic E-state index is 12.5. The number of nitrogens with zero attached hydrogens (tertiary/aromatic N) is 4. The van der Waals surface area contributed by atoms with Gasteiger partial charge in [-0.15, -0.1) is 0 Å². The number of hydrogen-bond acceptors (Lipinski definition) is 8. The lowest BCUT2D eigenvalue weighted by Crippen LogP contribution is -2.16. The van der Waals surface area contributed by atoms with Crippen LogP contribution in [0.5, 0.6) is 0 Å². The van der Waals surface area contributed by atoms with Crippen LogP contribution in [0.15, 0.2) is 58.6 Å². The molecule has 0 spiro atoms. The molecule has 9 nitrogen and oxygen atoms in total. The molecule has 2 N–H and O–H groups in total. The van der Waals surface area contributed by atoms with E-state index >= 15 is 0 Å². The third kappa shape index (κ3) is 6.74. The number of nitrogens with one attached hydrogen (secondary N) is 2. The van der Waals surface area contributed by atoms with E-state index in [1.807, 2.05) is 13.0 Å². The number of aromatic nitrogens is 3. The van der Waals surface area contributed by atoms with Crippen molar-refractivity contribution in [3.63, 3.8) is 0 Å². The van der Waals surface area contributed by atoms with Crippen LogP contribution in [0.25, 0.3) is 0 Å². The van der Waals surface area contributed by atoms with E-state index in [0.717, 1.165) is 18.5 Å². The van der Waals surface area contributed by atoms with Crippen LogP contribution in [0.3, 0.4) is 0 Å². The van der Waals surface area contributed by atoms with Gasteiger partial charge in [0.25, 0.3) is 10.0 Å². The Morgan fingerprint density at radius 1 is 1.12 bits per heavy atom. The fourth-order valence-corrected chi connectivity index (χ4v) is 4.54. The minimum Gasteiger partial charge on any atom is -0.325 e. The Balaban J connectivity index is 1.61. The first-order valence-electron chi connectivity index (χ1n) is 10.1. The van der Waals surface area contributed by atoms with Gasteiger partial charge in [0.1, 0.15) is 11.1 Å². The lowest BCUT2D eigenvalue weighted by Gasteiger charge is -2.09. The molecule has 0 saturated carbocycles. The molecule has 0 radical (unpaired) electrons. The average molecular weight is 483 g/mol. The summed E-state index contributed by atoms with van der Waals surface area (Å²) in [5.74, 6) is -0.255. The van der Waals surface area contributed by atoms with E-state index in [-0.39, 0.29) is 22.5 Å². The molecule has 2 heterocycles. The molecular weight excluding hydrogens is 460 g/mol. The second-order valence-corrected chi connectivity index (χ2v) is 9.65. The summed E-state index contributed by atoms with van der Waals surface area (Å²) >= 11 is 1.18. The Hall–Kier alpha value is -3.49. The molecule has 2 aromatic heterocycles. The molecule has 0 atom stereocenters. The smallest absolute Gasteiger partial charge is 0.264 e. The molecular formula is C22H22N6O3S2. The molecule has 170 valence electrons. The molecule has 1 amide bonds. The Morgan fingerprint density at radius 2 is 1.88 bits per heavy atom. The maximum absolute atomic E-state index is 12.5. The number of thioether (sulfide) groups is 1. The number of sulfonamides is 1. The normalized spacial score (nSPS) is 10.9. The number of amides is 1. The summed E-state index contributed by atoms with van der Waals surface area (Å²) < 4.78 is 27.4. The highest BCUT2D eigenvalue weighted by Crippen LogP contribution is 2.22. The molecule has 3 aromatic rings. The average Bonchev–Trinajstić information content (AvgIpc) is 2.78. The van der Waals surface area contributed by atoms with Crippen molar-refractivity contribution in [3.8, 4) is 6.07 Å². The van der Waals surface area contributed by atoms with Crippen LogP contribution in [-0.2, 0) is 21.2 Å². The molecule has 0 bridgehead atoms. The molecule has 33 heavy (non-hydrogen) atoms. The highest BCUT2D eigenvalue weighted by Gasteiger charge is 2.16. The van der Waals surface area contributed by atoms with Crippen LogP contribution >= 0.6 is 11.8 Å². The quantitative estimate of drug-likeness (QED) is 0.442. The Bertz CT molecular complexity index is 1290. The number of pyridine rings is 1. The van der Waals surface area contributed by atoms with Crippen LogP contribution in [0.4, 0.5) is 11.6 Å². The van der Waals surface area contributed by atoms with Gasteiger partial charge in [0.15, 0.2) is 0 Å². The van der Waals surface area contributed by atoms with Crippen LogP contribution in [-0.4, -0.2) is 35.0 Å². The SMILES string of the molecule is CCCc1ccc(C#N)c(SCC(=O)Nc2ccc(S(=O)(=O)Nc3nccc(C)n3)cc2)n1. The van der Waals surface area contributed by atoms with Gasteiger partial charge in [0.05, 0.1) is 16.2 Å². The summed E-state index contributed by atoms with van der Waals surface area (Å²) in [6, 6.07) is 13.0. The number of carbonyl (C=O) groups excluding carboxylic acids is 1. The molecule has 0 saturated heterocycles.